The van der Waals surface area contributed by atoms with Crippen LogP contribution in [0.5, 0.6) is 0 Å². The van der Waals surface area contributed by atoms with E-state index in [1.807, 2.05) is 12.3 Å². The number of hydrogen-bond donors (Lipinski definition) is 2. The lowest BCUT2D eigenvalue weighted by Crippen LogP contribution is -2.18. The molecule has 0 fully saturated rings. The third-order valence-corrected chi connectivity index (χ3v) is 3.26. The summed E-state index contributed by atoms with van der Waals surface area (Å²) in [4.78, 5) is 8.03. The third-order valence-electron chi connectivity index (χ3n) is 1.76. The Hall–Kier alpha value is -0.860. The first-order valence-electron chi connectivity index (χ1n) is 4.61. The largest absolute Gasteiger partial charge is 0.370 e. The van der Waals surface area contributed by atoms with Gasteiger partial charge in [-0.3, -0.25) is 0 Å². The van der Waals surface area contributed by atoms with Crippen LogP contribution in [0, 0.1) is 0 Å². The lowest BCUT2D eigenvalue weighted by molar-refractivity contribution is 0.595. The maximum atomic E-state index is 10.7. The van der Waals surface area contributed by atoms with Crippen LogP contribution in [0.2, 0.25) is 0 Å². The number of nitrogens with one attached hydrogen (secondary N) is 1. The van der Waals surface area contributed by atoms with Crippen LogP contribution in [0.4, 0.5) is 5.82 Å². The minimum Gasteiger partial charge on any atom is -0.370 e. The third kappa shape index (κ3) is 5.29. The quantitative estimate of drug-likeness (QED) is 0.434. The monoisotopic (exact) mass is 262 g/mol. The lowest BCUT2D eigenvalue weighted by atomic mass is 10.4. The molecule has 1 heterocycles. The van der Waals surface area contributed by atoms with Gasteiger partial charge >= 0.3 is 0 Å². The van der Waals surface area contributed by atoms with E-state index in [9.17, 15) is 8.42 Å². The summed E-state index contributed by atoms with van der Waals surface area (Å²) in [5.41, 5.74) is 0. The van der Waals surface area contributed by atoms with E-state index in [0.29, 0.717) is 18.8 Å². The molecule has 0 spiro atoms. The van der Waals surface area contributed by atoms with E-state index in [-0.39, 0.29) is 5.75 Å². The van der Waals surface area contributed by atoms with Crippen molar-refractivity contribution in [3.63, 3.8) is 0 Å². The number of rotatable bonds is 6. The van der Waals surface area contributed by atoms with E-state index in [4.69, 9.17) is 5.14 Å². The zero-order chi connectivity index (χ0) is 12.0. The number of aromatic nitrogens is 2. The summed E-state index contributed by atoms with van der Waals surface area (Å²) in [6.07, 6.45) is 3.85. The smallest absolute Gasteiger partial charge is 0.209 e. The molecule has 3 N–H and O–H groups in total. The van der Waals surface area contributed by atoms with E-state index in [1.165, 1.54) is 18.1 Å². The fraction of sp³-hybridized carbons (Fsp3) is 0.500. The van der Waals surface area contributed by atoms with Gasteiger partial charge < -0.3 is 5.32 Å². The SMILES string of the molecule is CSc1cc(NCCCS(N)(=O)=O)ncn1. The van der Waals surface area contributed by atoms with Crippen LogP contribution in [0.3, 0.4) is 0 Å². The zero-order valence-corrected chi connectivity index (χ0v) is 10.5. The van der Waals surface area contributed by atoms with Gasteiger partial charge in [-0.2, -0.15) is 0 Å². The molecule has 0 aromatic carbocycles. The molecule has 0 unspecified atom stereocenters. The number of primary sulfonamides is 1. The van der Waals surface area contributed by atoms with Gasteiger partial charge in [0.05, 0.1) is 5.75 Å². The summed E-state index contributed by atoms with van der Waals surface area (Å²) < 4.78 is 21.3. The Labute approximate surface area is 99.1 Å². The van der Waals surface area contributed by atoms with Crippen LogP contribution in [0.15, 0.2) is 17.4 Å². The van der Waals surface area contributed by atoms with Gasteiger partial charge in [0.1, 0.15) is 17.2 Å². The van der Waals surface area contributed by atoms with Gasteiger partial charge in [-0.25, -0.2) is 23.5 Å². The van der Waals surface area contributed by atoms with E-state index < -0.39 is 10.0 Å². The predicted octanol–water partition coefficient (Wildman–Crippen LogP) is 0.289. The second-order valence-electron chi connectivity index (χ2n) is 3.09. The van der Waals surface area contributed by atoms with Gasteiger partial charge in [-0.15, -0.1) is 11.8 Å². The molecule has 0 bridgehead atoms. The Bertz CT molecular complexity index is 435. The Morgan fingerprint density at radius 3 is 2.88 bits per heavy atom. The number of thioether (sulfide) groups is 1. The van der Waals surface area contributed by atoms with Crippen LogP contribution in [0.25, 0.3) is 0 Å². The Morgan fingerprint density at radius 1 is 1.50 bits per heavy atom. The summed E-state index contributed by atoms with van der Waals surface area (Å²) >= 11 is 1.52. The topological polar surface area (TPSA) is 98.0 Å². The molecule has 0 amide bonds. The van der Waals surface area contributed by atoms with Gasteiger partial charge in [0, 0.05) is 12.6 Å². The van der Waals surface area contributed by atoms with Crippen molar-refractivity contribution in [1.29, 1.82) is 0 Å². The van der Waals surface area contributed by atoms with E-state index >= 15 is 0 Å². The van der Waals surface area contributed by atoms with Crippen LogP contribution in [0.1, 0.15) is 6.42 Å². The average molecular weight is 262 g/mol. The summed E-state index contributed by atoms with van der Waals surface area (Å²) in [6, 6.07) is 1.81. The van der Waals surface area contributed by atoms with Gasteiger partial charge in [0.2, 0.25) is 10.0 Å². The molecule has 8 heteroatoms. The number of hydrogen-bond acceptors (Lipinski definition) is 6. The second-order valence-corrected chi connectivity index (χ2v) is 5.65. The number of nitrogens with two attached hydrogens (primary N) is 1. The predicted molar refractivity (Wildman–Crippen MR) is 64.9 cm³/mol. The molecular weight excluding hydrogens is 248 g/mol. The molecule has 1 aromatic heterocycles. The highest BCUT2D eigenvalue weighted by Crippen LogP contribution is 2.13. The highest BCUT2D eigenvalue weighted by atomic mass is 32.2. The van der Waals surface area contributed by atoms with E-state index in [0.717, 1.165) is 5.03 Å². The van der Waals surface area contributed by atoms with Crippen LogP contribution in [-0.4, -0.2) is 36.9 Å². The number of anilines is 1. The normalized spacial score (nSPS) is 11.4. The van der Waals surface area contributed by atoms with Crippen molar-refractivity contribution in [1.82, 2.24) is 9.97 Å². The summed E-state index contributed by atoms with van der Waals surface area (Å²) in [5.74, 6) is 0.661. The Balaban J connectivity index is 2.37. The van der Waals surface area contributed by atoms with Crippen molar-refractivity contribution in [3.05, 3.63) is 12.4 Å². The summed E-state index contributed by atoms with van der Waals surface area (Å²) in [6.45, 7) is 0.515. The van der Waals surface area contributed by atoms with Crippen LogP contribution >= 0.6 is 11.8 Å². The van der Waals surface area contributed by atoms with E-state index in [1.54, 1.807) is 0 Å². The summed E-state index contributed by atoms with van der Waals surface area (Å²) in [5, 5.41) is 8.75. The molecular formula is C8H14N4O2S2. The number of nitrogens with zero attached hydrogens (tertiary/aromatic N) is 2. The number of sulfonamides is 1. The molecule has 90 valence electrons. The molecule has 0 aliphatic heterocycles. The zero-order valence-electron chi connectivity index (χ0n) is 8.88. The minimum atomic E-state index is -3.37. The molecule has 16 heavy (non-hydrogen) atoms. The fourth-order valence-corrected chi connectivity index (χ4v) is 1.97. The molecule has 0 atom stereocenters. The molecule has 6 nitrogen and oxygen atoms in total. The summed E-state index contributed by atoms with van der Waals surface area (Å²) in [7, 11) is -3.37. The maximum Gasteiger partial charge on any atom is 0.209 e. The van der Waals surface area contributed by atoms with Crippen molar-refractivity contribution in [3.8, 4) is 0 Å². The second kappa shape index (κ2) is 6.02. The van der Waals surface area contributed by atoms with Crippen LogP contribution in [-0.2, 0) is 10.0 Å². The first kappa shape index (κ1) is 13.2. The maximum absolute atomic E-state index is 10.7. The van der Waals surface area contributed by atoms with Gasteiger partial charge in [-0.1, -0.05) is 0 Å². The van der Waals surface area contributed by atoms with Crippen molar-refractivity contribution >= 4 is 27.6 Å². The molecule has 1 rings (SSSR count). The highest BCUT2D eigenvalue weighted by molar-refractivity contribution is 7.98. The van der Waals surface area contributed by atoms with Crippen molar-refractivity contribution in [2.24, 2.45) is 5.14 Å². The van der Waals surface area contributed by atoms with E-state index in [2.05, 4.69) is 15.3 Å². The fourth-order valence-electron chi connectivity index (χ4n) is 1.04. The molecule has 0 aliphatic carbocycles. The van der Waals surface area contributed by atoms with Crippen molar-refractivity contribution in [2.75, 3.05) is 23.9 Å². The van der Waals surface area contributed by atoms with Gasteiger partial charge in [0.25, 0.3) is 0 Å². The highest BCUT2D eigenvalue weighted by Gasteiger charge is 2.02. The molecule has 0 aliphatic rings. The standard InChI is InChI=1S/C8H14N4O2S2/c1-15-8-5-7(11-6-12-8)10-3-2-4-16(9,13)14/h5-6H,2-4H2,1H3,(H2,9,13,14)(H,10,11,12). The Kier molecular flexibility index (Phi) is 4.97. The van der Waals surface area contributed by atoms with Crippen molar-refractivity contribution < 1.29 is 8.42 Å². The average Bonchev–Trinajstić information content (AvgIpc) is 2.23. The minimum absolute atomic E-state index is 0.0273. The first-order valence-corrected chi connectivity index (χ1v) is 7.55. The molecule has 0 radical (unpaired) electrons. The van der Waals surface area contributed by atoms with Crippen LogP contribution < -0.4 is 10.5 Å². The Morgan fingerprint density at radius 2 is 2.25 bits per heavy atom. The molecule has 1 aromatic rings. The van der Waals surface area contributed by atoms with Crippen molar-refractivity contribution in [2.45, 2.75) is 11.4 Å². The lowest BCUT2D eigenvalue weighted by Gasteiger charge is -2.05. The first-order chi connectivity index (χ1) is 7.51. The van der Waals surface area contributed by atoms with Gasteiger partial charge in [-0.05, 0) is 12.7 Å². The molecule has 0 saturated heterocycles. The molecule has 0 saturated carbocycles. The van der Waals surface area contributed by atoms with Gasteiger partial charge in [0.15, 0.2) is 0 Å².